The Morgan fingerprint density at radius 2 is 0.720 bits per heavy atom. The van der Waals surface area contributed by atoms with Crippen molar-refractivity contribution in [2.24, 2.45) is 11.8 Å². The Bertz CT molecular complexity index is 232. The average molecular weight is 352 g/mol. The van der Waals surface area contributed by atoms with Gasteiger partial charge in [-0.1, -0.05) is 143 Å². The van der Waals surface area contributed by atoms with Gasteiger partial charge in [-0.15, -0.1) is 0 Å². The third-order valence-electron chi connectivity index (χ3n) is 5.76. The molecule has 25 heavy (non-hydrogen) atoms. The van der Waals surface area contributed by atoms with Crippen LogP contribution in [0, 0.1) is 18.3 Å². The standard InChI is InChI=1S/C25H51/c1-5-9-13-15-18-22-25(20-16-11-7-3)23-24(19-12-8-4)21-17-14-10-6-2/h23-25H,5-22H2,1-4H3. The Kier molecular flexibility index (Phi) is 20.3. The molecule has 0 heterocycles. The van der Waals surface area contributed by atoms with E-state index in [1.165, 1.54) is 116 Å². The van der Waals surface area contributed by atoms with Crippen molar-refractivity contribution in [3.63, 3.8) is 0 Å². The molecule has 0 amide bonds. The second-order valence-corrected chi connectivity index (χ2v) is 8.40. The fraction of sp³-hybridized carbons (Fsp3) is 0.960. The van der Waals surface area contributed by atoms with Gasteiger partial charge in [0.15, 0.2) is 0 Å². The van der Waals surface area contributed by atoms with Crippen LogP contribution < -0.4 is 0 Å². The first-order chi connectivity index (χ1) is 12.3. The Balaban J connectivity index is 4.29. The molecule has 2 atom stereocenters. The molecule has 0 heteroatoms. The smallest absolute Gasteiger partial charge is 0.0324 e. The Morgan fingerprint density at radius 3 is 1.20 bits per heavy atom. The van der Waals surface area contributed by atoms with Crippen LogP contribution in [-0.2, 0) is 0 Å². The molecular formula is C25H51. The predicted octanol–water partition coefficient (Wildman–Crippen LogP) is 9.52. The third-order valence-corrected chi connectivity index (χ3v) is 5.76. The molecule has 1 radical (unpaired) electrons. The van der Waals surface area contributed by atoms with Gasteiger partial charge in [0.2, 0.25) is 0 Å². The quantitative estimate of drug-likeness (QED) is 0.191. The summed E-state index contributed by atoms with van der Waals surface area (Å²) in [6.07, 6.45) is 28.5. The van der Waals surface area contributed by atoms with Gasteiger partial charge in [0.1, 0.15) is 0 Å². The van der Waals surface area contributed by atoms with Crippen LogP contribution in [0.25, 0.3) is 0 Å². The molecule has 0 aliphatic heterocycles. The molecule has 151 valence electrons. The van der Waals surface area contributed by atoms with Gasteiger partial charge in [0.25, 0.3) is 0 Å². The second-order valence-electron chi connectivity index (χ2n) is 8.40. The molecular weight excluding hydrogens is 300 g/mol. The molecule has 0 nitrogen and oxygen atoms in total. The van der Waals surface area contributed by atoms with Gasteiger partial charge in [-0.05, 0) is 18.3 Å². The highest BCUT2D eigenvalue weighted by Gasteiger charge is 2.16. The molecule has 0 saturated carbocycles. The maximum Gasteiger partial charge on any atom is -0.0324 e. The van der Waals surface area contributed by atoms with E-state index in [1.54, 1.807) is 0 Å². The number of hydrogen-bond donors (Lipinski definition) is 0. The lowest BCUT2D eigenvalue weighted by Crippen LogP contribution is -2.11. The summed E-state index contributed by atoms with van der Waals surface area (Å²) in [5.41, 5.74) is 0. The monoisotopic (exact) mass is 351 g/mol. The zero-order valence-corrected chi connectivity index (χ0v) is 18.5. The molecule has 0 aliphatic rings. The van der Waals surface area contributed by atoms with E-state index < -0.39 is 0 Å². The third kappa shape index (κ3) is 17.2. The normalized spacial score (nSPS) is 13.9. The highest BCUT2D eigenvalue weighted by Crippen LogP contribution is 2.29. The van der Waals surface area contributed by atoms with E-state index in [-0.39, 0.29) is 0 Å². The summed E-state index contributed by atoms with van der Waals surface area (Å²) in [6, 6.07) is 0. The van der Waals surface area contributed by atoms with Crippen molar-refractivity contribution in [3.05, 3.63) is 6.42 Å². The van der Waals surface area contributed by atoms with E-state index >= 15 is 0 Å². The zero-order chi connectivity index (χ0) is 18.6. The summed E-state index contributed by atoms with van der Waals surface area (Å²) in [6.45, 7) is 9.32. The molecule has 0 aromatic carbocycles. The maximum atomic E-state index is 2.83. The lowest BCUT2D eigenvalue weighted by Gasteiger charge is -2.24. The van der Waals surface area contributed by atoms with E-state index in [0.29, 0.717) is 0 Å². The van der Waals surface area contributed by atoms with Crippen molar-refractivity contribution in [2.45, 2.75) is 143 Å². The minimum Gasteiger partial charge on any atom is -0.0654 e. The maximum absolute atomic E-state index is 2.83. The summed E-state index contributed by atoms with van der Waals surface area (Å²) in [7, 11) is 0. The summed E-state index contributed by atoms with van der Waals surface area (Å²) in [5.74, 6) is 1.81. The topological polar surface area (TPSA) is 0 Å². The van der Waals surface area contributed by atoms with Gasteiger partial charge in [0, 0.05) is 0 Å². The number of unbranched alkanes of at least 4 members (excludes halogenated alkanes) is 10. The highest BCUT2D eigenvalue weighted by molar-refractivity contribution is 4.84. The van der Waals surface area contributed by atoms with Gasteiger partial charge in [-0.2, -0.15) is 0 Å². The zero-order valence-electron chi connectivity index (χ0n) is 18.5. The lowest BCUT2D eigenvalue weighted by molar-refractivity contribution is 0.369. The van der Waals surface area contributed by atoms with Crippen molar-refractivity contribution in [3.8, 4) is 0 Å². The van der Waals surface area contributed by atoms with Gasteiger partial charge >= 0.3 is 0 Å². The molecule has 0 saturated heterocycles. The lowest BCUT2D eigenvalue weighted by atomic mass is 9.82. The second kappa shape index (κ2) is 20.3. The van der Waals surface area contributed by atoms with Gasteiger partial charge in [-0.3, -0.25) is 0 Å². The van der Waals surface area contributed by atoms with Crippen LogP contribution in [0.5, 0.6) is 0 Å². The summed E-state index contributed by atoms with van der Waals surface area (Å²) >= 11 is 0. The van der Waals surface area contributed by atoms with Crippen LogP contribution >= 0.6 is 0 Å². The molecule has 0 aliphatic carbocycles. The van der Waals surface area contributed by atoms with Crippen LogP contribution in [0.3, 0.4) is 0 Å². The molecule has 0 aromatic heterocycles. The molecule has 0 spiro atoms. The summed E-state index contributed by atoms with van der Waals surface area (Å²) in [5, 5.41) is 0. The van der Waals surface area contributed by atoms with Crippen molar-refractivity contribution in [2.75, 3.05) is 0 Å². The minimum atomic E-state index is 0.902. The van der Waals surface area contributed by atoms with Crippen LogP contribution in [0.15, 0.2) is 0 Å². The van der Waals surface area contributed by atoms with Gasteiger partial charge in [0.05, 0.1) is 0 Å². The fourth-order valence-corrected chi connectivity index (χ4v) is 4.02. The molecule has 0 N–H and O–H groups in total. The van der Waals surface area contributed by atoms with Crippen LogP contribution in [0.4, 0.5) is 0 Å². The molecule has 0 bridgehead atoms. The molecule has 0 fully saturated rings. The first-order valence-corrected chi connectivity index (χ1v) is 12.1. The van der Waals surface area contributed by atoms with Crippen LogP contribution in [-0.4, -0.2) is 0 Å². The molecule has 0 rings (SSSR count). The van der Waals surface area contributed by atoms with E-state index in [9.17, 15) is 0 Å². The minimum absolute atomic E-state index is 0.902. The summed E-state index contributed by atoms with van der Waals surface area (Å²) in [4.78, 5) is 0. The van der Waals surface area contributed by atoms with Crippen LogP contribution in [0.1, 0.15) is 143 Å². The summed E-state index contributed by atoms with van der Waals surface area (Å²) < 4.78 is 0. The van der Waals surface area contributed by atoms with E-state index in [0.717, 1.165) is 11.8 Å². The number of hydrogen-bond acceptors (Lipinski definition) is 0. The van der Waals surface area contributed by atoms with E-state index in [4.69, 9.17) is 0 Å². The fourth-order valence-electron chi connectivity index (χ4n) is 4.02. The first-order valence-electron chi connectivity index (χ1n) is 12.1. The van der Waals surface area contributed by atoms with E-state index in [1.807, 2.05) is 0 Å². The molecule has 0 aromatic rings. The van der Waals surface area contributed by atoms with Crippen LogP contribution in [0.2, 0.25) is 0 Å². The Labute approximate surface area is 161 Å². The van der Waals surface area contributed by atoms with Crippen molar-refractivity contribution in [1.82, 2.24) is 0 Å². The Morgan fingerprint density at radius 1 is 0.400 bits per heavy atom. The molecule has 2 unspecified atom stereocenters. The van der Waals surface area contributed by atoms with Gasteiger partial charge in [-0.25, -0.2) is 0 Å². The SMILES string of the molecule is CCCCCCCC([CH]C(CCCC)CCCCCC)CCCCC. The van der Waals surface area contributed by atoms with Crippen molar-refractivity contribution < 1.29 is 0 Å². The Hall–Kier alpha value is 0. The average Bonchev–Trinajstić information content (AvgIpc) is 2.62. The van der Waals surface area contributed by atoms with Gasteiger partial charge < -0.3 is 0 Å². The predicted molar refractivity (Wildman–Crippen MR) is 117 cm³/mol. The van der Waals surface area contributed by atoms with Crippen molar-refractivity contribution >= 4 is 0 Å². The number of rotatable bonds is 20. The van der Waals surface area contributed by atoms with E-state index in [2.05, 4.69) is 34.1 Å². The first kappa shape index (κ1) is 25.0. The largest absolute Gasteiger partial charge is 0.0654 e. The van der Waals surface area contributed by atoms with Crippen molar-refractivity contribution in [1.29, 1.82) is 0 Å². The highest BCUT2D eigenvalue weighted by atomic mass is 14.2.